The van der Waals surface area contributed by atoms with Gasteiger partial charge in [-0.05, 0) is 105 Å². The van der Waals surface area contributed by atoms with Crippen LogP contribution in [-0.2, 0) is 16.1 Å². The molecule has 4 saturated carbocycles. The first-order valence-electron chi connectivity index (χ1n) is 14.5. The molecule has 0 radical (unpaired) electrons. The quantitative estimate of drug-likeness (QED) is 0.318. The molecule has 3 amide bonds. The van der Waals surface area contributed by atoms with Gasteiger partial charge in [-0.25, -0.2) is 0 Å². The molecule has 0 spiro atoms. The van der Waals surface area contributed by atoms with E-state index in [9.17, 15) is 14.4 Å². The van der Waals surface area contributed by atoms with E-state index in [1.807, 2.05) is 18.2 Å². The monoisotopic (exact) mass is 501 g/mol. The van der Waals surface area contributed by atoms with Crippen molar-refractivity contribution in [2.45, 2.75) is 89.6 Å². The summed E-state index contributed by atoms with van der Waals surface area (Å²) in [6.45, 7) is 2.71. The van der Waals surface area contributed by atoms with Gasteiger partial charge in [0.05, 0.1) is 0 Å². The molecule has 6 aliphatic rings. The number of unbranched alkanes of at least 4 members (excludes halogenated alkanes) is 3. The predicted molar refractivity (Wildman–Crippen MR) is 141 cm³/mol. The van der Waals surface area contributed by atoms with E-state index in [0.29, 0.717) is 23.9 Å². The molecule has 1 atom stereocenters. The third kappa shape index (κ3) is 5.08. The van der Waals surface area contributed by atoms with Crippen molar-refractivity contribution in [1.29, 1.82) is 0 Å². The van der Waals surface area contributed by atoms with Gasteiger partial charge < -0.3 is 10.2 Å². The van der Waals surface area contributed by atoms with Crippen molar-refractivity contribution in [3.8, 4) is 11.8 Å². The third-order valence-corrected chi connectivity index (χ3v) is 9.63. The first-order valence-corrected chi connectivity index (χ1v) is 14.5. The van der Waals surface area contributed by atoms with E-state index in [0.717, 1.165) is 48.3 Å². The number of imide groups is 1. The van der Waals surface area contributed by atoms with Gasteiger partial charge >= 0.3 is 0 Å². The van der Waals surface area contributed by atoms with Gasteiger partial charge in [0.2, 0.25) is 11.8 Å². The fourth-order valence-electron chi connectivity index (χ4n) is 8.36. The Morgan fingerprint density at radius 2 is 1.76 bits per heavy atom. The predicted octanol–water partition coefficient (Wildman–Crippen LogP) is 4.17. The summed E-state index contributed by atoms with van der Waals surface area (Å²) < 4.78 is 0. The molecular formula is C31H39N3O3. The lowest BCUT2D eigenvalue weighted by molar-refractivity contribution is -0.136. The Morgan fingerprint density at radius 3 is 2.49 bits per heavy atom. The molecule has 1 saturated heterocycles. The lowest BCUT2D eigenvalue weighted by Gasteiger charge is -2.57. The van der Waals surface area contributed by atoms with Crippen LogP contribution in [0.25, 0.3) is 0 Å². The molecule has 2 N–H and O–H groups in total. The van der Waals surface area contributed by atoms with E-state index in [1.54, 1.807) is 4.90 Å². The van der Waals surface area contributed by atoms with Crippen LogP contribution in [-0.4, -0.2) is 41.8 Å². The molecular weight excluding hydrogens is 462 g/mol. The average molecular weight is 502 g/mol. The molecule has 1 aromatic carbocycles. The maximum absolute atomic E-state index is 13.0. The van der Waals surface area contributed by atoms with Crippen LogP contribution in [0.1, 0.15) is 98.5 Å². The van der Waals surface area contributed by atoms with E-state index in [2.05, 4.69) is 22.5 Å². The minimum atomic E-state index is -0.588. The van der Waals surface area contributed by atoms with Crippen molar-refractivity contribution in [1.82, 2.24) is 15.5 Å². The Hall–Kier alpha value is -2.65. The number of piperidine rings is 1. The van der Waals surface area contributed by atoms with Crippen LogP contribution in [0.5, 0.6) is 0 Å². The Balaban J connectivity index is 0.939. The molecule has 4 bridgehead atoms. The van der Waals surface area contributed by atoms with Crippen LogP contribution in [0.15, 0.2) is 18.2 Å². The normalized spacial score (nSPS) is 31.8. The highest BCUT2D eigenvalue weighted by atomic mass is 16.2. The van der Waals surface area contributed by atoms with Crippen LogP contribution < -0.4 is 10.6 Å². The second-order valence-corrected chi connectivity index (χ2v) is 12.4. The zero-order valence-electron chi connectivity index (χ0n) is 21.8. The van der Waals surface area contributed by atoms with Gasteiger partial charge in [0.15, 0.2) is 0 Å². The summed E-state index contributed by atoms with van der Waals surface area (Å²) in [5.41, 5.74) is 3.02. The molecule has 2 aliphatic heterocycles. The summed E-state index contributed by atoms with van der Waals surface area (Å²) in [6, 6.07) is 5.05. The highest BCUT2D eigenvalue weighted by Gasteiger charge is 2.50. The van der Waals surface area contributed by atoms with Gasteiger partial charge in [0, 0.05) is 37.1 Å². The van der Waals surface area contributed by atoms with Crippen LogP contribution in [0.3, 0.4) is 0 Å². The summed E-state index contributed by atoms with van der Waals surface area (Å²) in [6.07, 6.45) is 13.9. The molecule has 6 nitrogen and oxygen atoms in total. The number of amides is 3. The van der Waals surface area contributed by atoms with E-state index >= 15 is 0 Å². The second-order valence-electron chi connectivity index (χ2n) is 12.4. The van der Waals surface area contributed by atoms with Crippen molar-refractivity contribution in [3.63, 3.8) is 0 Å². The molecule has 7 rings (SSSR count). The van der Waals surface area contributed by atoms with Gasteiger partial charge in [0.25, 0.3) is 5.91 Å². The SMILES string of the molecule is O=C1CCC(N2Cc3c(C#CCCCCCNCC45CC6CC(CC(C6)C4)C5)cccc3C2=O)C(=O)N1. The molecule has 6 heteroatoms. The zero-order valence-corrected chi connectivity index (χ0v) is 21.8. The van der Waals surface area contributed by atoms with Gasteiger partial charge in [-0.1, -0.05) is 24.3 Å². The Kier molecular flexibility index (Phi) is 6.84. The van der Waals surface area contributed by atoms with E-state index in [1.165, 1.54) is 57.9 Å². The minimum absolute atomic E-state index is 0.144. The van der Waals surface area contributed by atoms with Crippen molar-refractivity contribution < 1.29 is 14.4 Å². The Labute approximate surface area is 220 Å². The molecule has 1 unspecified atom stereocenters. The third-order valence-electron chi connectivity index (χ3n) is 9.63. The highest BCUT2D eigenvalue weighted by Crippen LogP contribution is 2.59. The summed E-state index contributed by atoms with van der Waals surface area (Å²) >= 11 is 0. The maximum atomic E-state index is 13.0. The number of rotatable bonds is 8. The fraction of sp³-hybridized carbons (Fsp3) is 0.645. The standard InChI is InChI=1S/C31H39N3O3/c35-28-11-10-27(29(36)33-28)34-19-26-24(8-6-9-25(26)30(34)37)7-4-2-1-3-5-12-32-20-31-16-21-13-22(17-31)15-23(14-21)18-31/h6,8-9,21-23,27,32H,1-3,5,10-20H2,(H,33,35,36). The van der Waals surface area contributed by atoms with Crippen molar-refractivity contribution >= 4 is 17.7 Å². The van der Waals surface area contributed by atoms with E-state index in [4.69, 9.17) is 0 Å². The van der Waals surface area contributed by atoms with E-state index < -0.39 is 6.04 Å². The van der Waals surface area contributed by atoms with Gasteiger partial charge in [-0.2, -0.15) is 0 Å². The second kappa shape index (κ2) is 10.3. The maximum Gasteiger partial charge on any atom is 0.255 e. The summed E-state index contributed by atoms with van der Waals surface area (Å²) in [5.74, 6) is 8.88. The summed E-state index contributed by atoms with van der Waals surface area (Å²) in [5, 5.41) is 6.17. The van der Waals surface area contributed by atoms with Crippen LogP contribution in [0.2, 0.25) is 0 Å². The average Bonchev–Trinajstić information content (AvgIpc) is 3.19. The molecule has 1 aromatic rings. The number of hydrogen-bond donors (Lipinski definition) is 2. The first-order chi connectivity index (χ1) is 18.0. The summed E-state index contributed by atoms with van der Waals surface area (Å²) in [4.78, 5) is 38.3. The largest absolute Gasteiger partial charge is 0.322 e. The molecule has 5 fully saturated rings. The smallest absolute Gasteiger partial charge is 0.255 e. The first kappa shape index (κ1) is 24.7. The van der Waals surface area contributed by atoms with Crippen molar-refractivity contribution in [2.24, 2.45) is 23.2 Å². The van der Waals surface area contributed by atoms with Gasteiger partial charge in [-0.3, -0.25) is 19.7 Å². The number of carbonyl (C=O) groups is 3. The number of hydrogen-bond acceptors (Lipinski definition) is 4. The van der Waals surface area contributed by atoms with Crippen molar-refractivity contribution in [3.05, 3.63) is 34.9 Å². The van der Waals surface area contributed by atoms with Crippen LogP contribution in [0, 0.1) is 35.0 Å². The number of nitrogens with zero attached hydrogens (tertiary/aromatic N) is 1. The van der Waals surface area contributed by atoms with Crippen LogP contribution in [0.4, 0.5) is 0 Å². The Bertz CT molecular complexity index is 1110. The van der Waals surface area contributed by atoms with Crippen LogP contribution >= 0.6 is 0 Å². The van der Waals surface area contributed by atoms with Crippen molar-refractivity contribution in [2.75, 3.05) is 13.1 Å². The minimum Gasteiger partial charge on any atom is -0.322 e. The lowest BCUT2D eigenvalue weighted by atomic mass is 9.49. The molecule has 196 valence electrons. The Morgan fingerprint density at radius 1 is 1.00 bits per heavy atom. The zero-order chi connectivity index (χ0) is 25.4. The molecule has 2 heterocycles. The van der Waals surface area contributed by atoms with Gasteiger partial charge in [-0.15, -0.1) is 0 Å². The van der Waals surface area contributed by atoms with Gasteiger partial charge in [0.1, 0.15) is 6.04 Å². The lowest BCUT2D eigenvalue weighted by Crippen LogP contribution is -2.52. The number of benzene rings is 1. The molecule has 37 heavy (non-hydrogen) atoms. The molecule has 4 aliphatic carbocycles. The summed E-state index contributed by atoms with van der Waals surface area (Å²) in [7, 11) is 0. The molecule has 0 aromatic heterocycles. The topological polar surface area (TPSA) is 78.5 Å². The fourth-order valence-corrected chi connectivity index (χ4v) is 8.36. The number of fused-ring (bicyclic) bond motifs is 1. The highest BCUT2D eigenvalue weighted by molar-refractivity contribution is 6.05. The van der Waals surface area contributed by atoms with E-state index in [-0.39, 0.29) is 24.1 Å². The number of nitrogens with one attached hydrogen (secondary N) is 2. The number of carbonyl (C=O) groups excluding carboxylic acids is 3.